The molecule has 0 amide bonds. The van der Waals surface area contributed by atoms with Gasteiger partial charge in [-0.25, -0.2) is 0 Å². The maximum atomic E-state index is 5.63. The highest BCUT2D eigenvalue weighted by Crippen LogP contribution is 2.45. The van der Waals surface area contributed by atoms with E-state index in [1.54, 1.807) is 0 Å². The fourth-order valence-electron chi connectivity index (χ4n) is 2.14. The van der Waals surface area contributed by atoms with E-state index in [0.717, 1.165) is 13.2 Å². The van der Waals surface area contributed by atoms with Crippen LogP contribution in [0.4, 0.5) is 0 Å². The van der Waals surface area contributed by atoms with Crippen molar-refractivity contribution in [2.45, 2.75) is 39.2 Å². The average Bonchev–Trinajstić information content (AvgIpc) is 2.79. The van der Waals surface area contributed by atoms with Crippen molar-refractivity contribution in [1.29, 1.82) is 0 Å². The molecule has 0 aromatic heterocycles. The van der Waals surface area contributed by atoms with Crippen LogP contribution in [0.25, 0.3) is 0 Å². The highest BCUT2D eigenvalue weighted by Gasteiger charge is 2.38. The molecular formula is C11H21NO. The minimum Gasteiger partial charge on any atom is -0.377 e. The van der Waals surface area contributed by atoms with E-state index in [4.69, 9.17) is 4.74 Å². The quantitative estimate of drug-likeness (QED) is 0.648. The van der Waals surface area contributed by atoms with Gasteiger partial charge in [-0.15, -0.1) is 0 Å². The van der Waals surface area contributed by atoms with Crippen LogP contribution in [0.5, 0.6) is 0 Å². The fourth-order valence-corrected chi connectivity index (χ4v) is 2.14. The van der Waals surface area contributed by atoms with E-state index < -0.39 is 0 Å². The molecule has 0 radical (unpaired) electrons. The zero-order valence-corrected chi connectivity index (χ0v) is 8.88. The lowest BCUT2D eigenvalue weighted by atomic mass is 10.1. The summed E-state index contributed by atoms with van der Waals surface area (Å²) in [5.74, 6) is 0. The van der Waals surface area contributed by atoms with Gasteiger partial charge in [0, 0.05) is 26.2 Å². The van der Waals surface area contributed by atoms with Gasteiger partial charge in [0.15, 0.2) is 0 Å². The smallest absolute Gasteiger partial charge is 0.0673 e. The Labute approximate surface area is 81.3 Å². The van der Waals surface area contributed by atoms with E-state index in [1.165, 1.54) is 32.4 Å². The first-order chi connectivity index (χ1) is 6.18. The summed E-state index contributed by atoms with van der Waals surface area (Å²) in [4.78, 5) is 2.59. The summed E-state index contributed by atoms with van der Waals surface area (Å²) in [7, 11) is 0. The fraction of sp³-hybridized carbons (Fsp3) is 1.00. The van der Waals surface area contributed by atoms with Crippen LogP contribution in [-0.2, 0) is 4.74 Å². The summed E-state index contributed by atoms with van der Waals surface area (Å²) in [6.45, 7) is 9.21. The molecule has 2 heteroatoms. The van der Waals surface area contributed by atoms with Gasteiger partial charge >= 0.3 is 0 Å². The summed E-state index contributed by atoms with van der Waals surface area (Å²) in [6, 6.07) is 0. The monoisotopic (exact) mass is 183 g/mol. The van der Waals surface area contributed by atoms with Crippen LogP contribution < -0.4 is 0 Å². The Morgan fingerprint density at radius 3 is 2.92 bits per heavy atom. The maximum Gasteiger partial charge on any atom is 0.0673 e. The van der Waals surface area contributed by atoms with Crippen molar-refractivity contribution in [3.05, 3.63) is 0 Å². The third-order valence-electron chi connectivity index (χ3n) is 3.25. The highest BCUT2D eigenvalue weighted by atomic mass is 16.5. The van der Waals surface area contributed by atoms with E-state index in [-0.39, 0.29) is 0 Å². The van der Waals surface area contributed by atoms with E-state index in [9.17, 15) is 0 Å². The highest BCUT2D eigenvalue weighted by molar-refractivity contribution is 4.91. The molecule has 2 aliphatic rings. The lowest BCUT2D eigenvalue weighted by Gasteiger charge is -2.24. The molecule has 1 atom stereocenters. The summed E-state index contributed by atoms with van der Waals surface area (Å²) >= 11 is 0. The van der Waals surface area contributed by atoms with Gasteiger partial charge in [0.05, 0.1) is 6.10 Å². The zero-order chi connectivity index (χ0) is 9.31. The molecule has 0 aromatic rings. The molecule has 13 heavy (non-hydrogen) atoms. The molecule has 1 aliphatic carbocycles. The van der Waals surface area contributed by atoms with E-state index >= 15 is 0 Å². The summed E-state index contributed by atoms with van der Waals surface area (Å²) in [5.41, 5.74) is 0.657. The second-order valence-corrected chi connectivity index (χ2v) is 5.08. The van der Waals surface area contributed by atoms with Crippen molar-refractivity contribution >= 4 is 0 Å². The molecule has 2 fully saturated rings. The van der Waals surface area contributed by atoms with Gasteiger partial charge in [0.25, 0.3) is 0 Å². The Bertz CT molecular complexity index is 177. The Hall–Kier alpha value is -0.0800. The minimum absolute atomic E-state index is 0.435. The van der Waals surface area contributed by atoms with Crippen LogP contribution in [0.15, 0.2) is 0 Å². The topological polar surface area (TPSA) is 12.5 Å². The molecule has 1 heterocycles. The van der Waals surface area contributed by atoms with Crippen LogP contribution in [0, 0.1) is 5.41 Å². The lowest BCUT2D eigenvalue weighted by Crippen LogP contribution is -2.34. The Balaban J connectivity index is 1.82. The number of nitrogens with zero attached hydrogens (tertiary/aromatic N) is 1. The molecule has 1 saturated carbocycles. The Morgan fingerprint density at radius 2 is 2.23 bits per heavy atom. The first-order valence-corrected chi connectivity index (χ1v) is 5.52. The third-order valence-corrected chi connectivity index (χ3v) is 3.25. The molecule has 0 aromatic carbocycles. The molecular weight excluding hydrogens is 162 g/mol. The summed E-state index contributed by atoms with van der Waals surface area (Å²) in [5, 5.41) is 0. The van der Waals surface area contributed by atoms with E-state index in [2.05, 4.69) is 18.7 Å². The second kappa shape index (κ2) is 3.58. The van der Waals surface area contributed by atoms with Crippen molar-refractivity contribution in [2.75, 3.05) is 26.2 Å². The lowest BCUT2D eigenvalue weighted by molar-refractivity contribution is 0.0652. The number of rotatable bonds is 2. The number of hydrogen-bond acceptors (Lipinski definition) is 2. The average molecular weight is 183 g/mol. The SMILES string of the molecule is CC1CN(CC2(C)CC2)CCCO1. The van der Waals surface area contributed by atoms with Gasteiger partial charge in [-0.1, -0.05) is 6.92 Å². The van der Waals surface area contributed by atoms with Crippen molar-refractivity contribution in [3.8, 4) is 0 Å². The predicted octanol–water partition coefficient (Wildman–Crippen LogP) is 1.90. The van der Waals surface area contributed by atoms with Crippen LogP contribution >= 0.6 is 0 Å². The molecule has 1 aliphatic heterocycles. The standard InChI is InChI=1S/C11H21NO/c1-10-8-12(6-3-7-13-10)9-11(2)4-5-11/h10H,3-9H2,1-2H3. The Kier molecular flexibility index (Phi) is 2.61. The minimum atomic E-state index is 0.435. The van der Waals surface area contributed by atoms with Crippen molar-refractivity contribution in [2.24, 2.45) is 5.41 Å². The molecule has 0 bridgehead atoms. The first kappa shape index (κ1) is 9.47. The summed E-state index contributed by atoms with van der Waals surface area (Å²) in [6.07, 6.45) is 4.50. The number of ether oxygens (including phenoxy) is 1. The van der Waals surface area contributed by atoms with Gasteiger partial charge in [-0.2, -0.15) is 0 Å². The van der Waals surface area contributed by atoms with Crippen LogP contribution in [0.1, 0.15) is 33.1 Å². The van der Waals surface area contributed by atoms with E-state index in [1.807, 2.05) is 0 Å². The molecule has 76 valence electrons. The van der Waals surface area contributed by atoms with Gasteiger partial charge < -0.3 is 9.64 Å². The largest absolute Gasteiger partial charge is 0.377 e. The Morgan fingerprint density at radius 1 is 1.46 bits per heavy atom. The third kappa shape index (κ3) is 2.68. The summed E-state index contributed by atoms with van der Waals surface area (Å²) < 4.78 is 5.63. The van der Waals surface area contributed by atoms with Crippen molar-refractivity contribution in [3.63, 3.8) is 0 Å². The molecule has 0 N–H and O–H groups in total. The van der Waals surface area contributed by atoms with Crippen molar-refractivity contribution in [1.82, 2.24) is 4.90 Å². The second-order valence-electron chi connectivity index (χ2n) is 5.08. The molecule has 2 nitrogen and oxygen atoms in total. The molecule has 0 spiro atoms. The van der Waals surface area contributed by atoms with Crippen molar-refractivity contribution < 1.29 is 4.74 Å². The predicted molar refractivity (Wildman–Crippen MR) is 53.8 cm³/mol. The number of hydrogen-bond donors (Lipinski definition) is 0. The van der Waals surface area contributed by atoms with Gasteiger partial charge in [-0.3, -0.25) is 0 Å². The van der Waals surface area contributed by atoms with Crippen LogP contribution in [0.2, 0.25) is 0 Å². The van der Waals surface area contributed by atoms with Crippen LogP contribution in [-0.4, -0.2) is 37.2 Å². The molecule has 1 unspecified atom stereocenters. The first-order valence-electron chi connectivity index (χ1n) is 5.52. The molecule has 2 rings (SSSR count). The van der Waals surface area contributed by atoms with Gasteiger partial charge in [0.1, 0.15) is 0 Å². The van der Waals surface area contributed by atoms with Gasteiger partial charge in [-0.05, 0) is 31.6 Å². The maximum absolute atomic E-state index is 5.63. The molecule has 1 saturated heterocycles. The van der Waals surface area contributed by atoms with Crippen LogP contribution in [0.3, 0.4) is 0 Å². The zero-order valence-electron chi connectivity index (χ0n) is 8.88. The van der Waals surface area contributed by atoms with Gasteiger partial charge in [0.2, 0.25) is 0 Å². The normalized spacial score (nSPS) is 34.2. The van der Waals surface area contributed by atoms with E-state index in [0.29, 0.717) is 11.5 Å².